The number of carbonyl (C=O) groups is 1. The monoisotopic (exact) mass is 450 g/mol. The molecule has 4 rings (SSSR count). The Labute approximate surface area is 191 Å². The molecular formula is C23H26N6O4. The van der Waals surface area contributed by atoms with Crippen LogP contribution in [0.5, 0.6) is 0 Å². The minimum absolute atomic E-state index is 0.0360. The van der Waals surface area contributed by atoms with Crippen molar-refractivity contribution in [1.82, 2.24) is 19.9 Å². The van der Waals surface area contributed by atoms with E-state index >= 15 is 0 Å². The third-order valence-corrected chi connectivity index (χ3v) is 5.98. The van der Waals surface area contributed by atoms with E-state index in [2.05, 4.69) is 25.3 Å². The van der Waals surface area contributed by atoms with Crippen LogP contribution >= 0.6 is 0 Å². The highest BCUT2D eigenvalue weighted by Gasteiger charge is 2.30. The zero-order valence-corrected chi connectivity index (χ0v) is 18.5. The summed E-state index contributed by atoms with van der Waals surface area (Å²) in [5.41, 5.74) is 1.27. The molecule has 1 saturated heterocycles. The van der Waals surface area contributed by atoms with Crippen molar-refractivity contribution in [3.63, 3.8) is 0 Å². The van der Waals surface area contributed by atoms with E-state index in [1.807, 2.05) is 44.2 Å². The molecule has 2 atom stereocenters. The number of non-ortho nitro benzene ring substituents is 1. The van der Waals surface area contributed by atoms with Crippen LogP contribution < -0.4 is 5.32 Å². The van der Waals surface area contributed by atoms with Gasteiger partial charge in [-0.1, -0.05) is 41.6 Å². The molecule has 1 fully saturated rings. The molecular weight excluding hydrogens is 424 g/mol. The summed E-state index contributed by atoms with van der Waals surface area (Å²) in [6.45, 7) is 6.78. The number of carbonyl (C=O) groups excluding carboxylic acids is 1. The summed E-state index contributed by atoms with van der Waals surface area (Å²) in [6.07, 6.45) is 0. The molecule has 0 saturated carbocycles. The summed E-state index contributed by atoms with van der Waals surface area (Å²) >= 11 is 0. The van der Waals surface area contributed by atoms with Crippen molar-refractivity contribution < 1.29 is 14.2 Å². The molecule has 2 aromatic carbocycles. The summed E-state index contributed by atoms with van der Waals surface area (Å²) in [6, 6.07) is 15.2. The lowest BCUT2D eigenvalue weighted by Gasteiger charge is -2.39. The average Bonchev–Trinajstić information content (AvgIpc) is 3.34. The van der Waals surface area contributed by atoms with Gasteiger partial charge in [0, 0.05) is 49.6 Å². The summed E-state index contributed by atoms with van der Waals surface area (Å²) in [4.78, 5) is 32.1. The molecule has 1 N–H and O–H groups in total. The molecule has 0 unspecified atom stereocenters. The first-order valence-corrected chi connectivity index (χ1v) is 10.8. The van der Waals surface area contributed by atoms with Crippen molar-refractivity contribution >= 4 is 17.3 Å². The van der Waals surface area contributed by atoms with Gasteiger partial charge in [0.15, 0.2) is 0 Å². The first kappa shape index (κ1) is 22.6. The number of nitro benzene ring substituents is 1. The van der Waals surface area contributed by atoms with Crippen LogP contribution in [0, 0.1) is 10.1 Å². The van der Waals surface area contributed by atoms with E-state index in [1.54, 1.807) is 12.1 Å². The van der Waals surface area contributed by atoms with Crippen LogP contribution in [0.3, 0.4) is 0 Å². The highest BCUT2D eigenvalue weighted by Crippen LogP contribution is 2.24. The normalized spacial score (nSPS) is 16.8. The number of nitro groups is 1. The predicted octanol–water partition coefficient (Wildman–Crippen LogP) is 3.35. The Balaban J connectivity index is 1.32. The van der Waals surface area contributed by atoms with Crippen LogP contribution in [-0.4, -0.2) is 63.0 Å². The second kappa shape index (κ2) is 9.88. The van der Waals surface area contributed by atoms with Crippen LogP contribution in [0.15, 0.2) is 59.1 Å². The number of hydrogen-bond donors (Lipinski definition) is 1. The molecule has 1 aliphatic rings. The first-order chi connectivity index (χ1) is 15.9. The van der Waals surface area contributed by atoms with Gasteiger partial charge in [0.2, 0.25) is 17.6 Å². The van der Waals surface area contributed by atoms with Crippen LogP contribution in [0.1, 0.15) is 25.8 Å². The fraction of sp³-hybridized carbons (Fsp3) is 0.348. The standard InChI is InChI=1S/C23H26N6O4/c1-16(22(30)24-19-9-6-10-20(15-19)29(31)32)27-11-13-28(14-12-27)17(2)23-25-21(26-33-23)18-7-4-3-5-8-18/h3-10,15-17H,11-14H2,1-2H3,(H,24,30)/t16-,17+/m0/s1. The van der Waals surface area contributed by atoms with Gasteiger partial charge in [0.1, 0.15) is 0 Å². The molecule has 2 heterocycles. The summed E-state index contributed by atoms with van der Waals surface area (Å²) < 4.78 is 5.51. The van der Waals surface area contributed by atoms with Crippen molar-refractivity contribution in [2.45, 2.75) is 25.9 Å². The fourth-order valence-corrected chi connectivity index (χ4v) is 3.89. The lowest BCUT2D eigenvalue weighted by molar-refractivity contribution is -0.384. The molecule has 0 radical (unpaired) electrons. The maximum Gasteiger partial charge on any atom is 0.271 e. The minimum Gasteiger partial charge on any atom is -0.337 e. The van der Waals surface area contributed by atoms with Gasteiger partial charge in [-0.05, 0) is 19.9 Å². The molecule has 1 aliphatic heterocycles. The van der Waals surface area contributed by atoms with Crippen molar-refractivity contribution in [2.24, 2.45) is 0 Å². The molecule has 10 heteroatoms. The summed E-state index contributed by atoms with van der Waals surface area (Å²) in [7, 11) is 0. The minimum atomic E-state index is -0.480. The quantitative estimate of drug-likeness (QED) is 0.430. The van der Waals surface area contributed by atoms with Crippen molar-refractivity contribution in [3.05, 3.63) is 70.6 Å². The van der Waals surface area contributed by atoms with E-state index in [9.17, 15) is 14.9 Å². The highest BCUT2D eigenvalue weighted by molar-refractivity contribution is 5.94. The topological polar surface area (TPSA) is 118 Å². The van der Waals surface area contributed by atoms with E-state index in [0.29, 0.717) is 30.5 Å². The lowest BCUT2D eigenvalue weighted by Crippen LogP contribution is -2.53. The molecule has 3 aromatic rings. The molecule has 0 aliphatic carbocycles. The molecule has 1 amide bonds. The third-order valence-electron chi connectivity index (χ3n) is 5.98. The van der Waals surface area contributed by atoms with Crippen LogP contribution in [0.4, 0.5) is 11.4 Å². The van der Waals surface area contributed by atoms with Gasteiger partial charge in [-0.3, -0.25) is 24.7 Å². The number of nitrogens with one attached hydrogen (secondary N) is 1. The molecule has 1 aromatic heterocycles. The van der Waals surface area contributed by atoms with Gasteiger partial charge in [-0.2, -0.15) is 4.98 Å². The van der Waals surface area contributed by atoms with Crippen LogP contribution in [-0.2, 0) is 4.79 Å². The summed E-state index contributed by atoms with van der Waals surface area (Å²) in [5, 5.41) is 17.8. The van der Waals surface area contributed by atoms with Gasteiger partial charge in [0.05, 0.1) is 17.0 Å². The zero-order chi connectivity index (χ0) is 23.4. The Morgan fingerprint density at radius 1 is 1.06 bits per heavy atom. The Kier molecular flexibility index (Phi) is 6.76. The molecule has 0 spiro atoms. The molecule has 10 nitrogen and oxygen atoms in total. The van der Waals surface area contributed by atoms with Crippen LogP contribution in [0.25, 0.3) is 11.4 Å². The van der Waals surface area contributed by atoms with E-state index in [0.717, 1.165) is 18.7 Å². The van der Waals surface area contributed by atoms with Crippen LogP contribution in [0.2, 0.25) is 0 Å². The zero-order valence-electron chi connectivity index (χ0n) is 18.5. The Hall–Kier alpha value is -3.63. The number of amides is 1. The highest BCUT2D eigenvalue weighted by atomic mass is 16.6. The first-order valence-electron chi connectivity index (χ1n) is 10.8. The average molecular weight is 450 g/mol. The van der Waals surface area contributed by atoms with Gasteiger partial charge < -0.3 is 9.84 Å². The maximum absolute atomic E-state index is 12.7. The van der Waals surface area contributed by atoms with E-state index in [1.165, 1.54) is 12.1 Å². The van der Waals surface area contributed by atoms with E-state index in [-0.39, 0.29) is 23.7 Å². The molecule has 172 valence electrons. The fourth-order valence-electron chi connectivity index (χ4n) is 3.89. The Morgan fingerprint density at radius 3 is 2.45 bits per heavy atom. The smallest absolute Gasteiger partial charge is 0.271 e. The van der Waals surface area contributed by atoms with Gasteiger partial charge >= 0.3 is 0 Å². The number of nitrogens with zero attached hydrogens (tertiary/aromatic N) is 5. The lowest BCUT2D eigenvalue weighted by atomic mass is 10.1. The number of piperazine rings is 1. The second-order valence-corrected chi connectivity index (χ2v) is 8.04. The third kappa shape index (κ3) is 5.24. The summed E-state index contributed by atoms with van der Waals surface area (Å²) in [5.74, 6) is 0.947. The predicted molar refractivity (Wildman–Crippen MR) is 122 cm³/mol. The maximum atomic E-state index is 12.7. The van der Waals surface area contributed by atoms with Gasteiger partial charge in [-0.15, -0.1) is 0 Å². The number of benzene rings is 2. The van der Waals surface area contributed by atoms with Gasteiger partial charge in [-0.25, -0.2) is 0 Å². The number of rotatable bonds is 7. The number of anilines is 1. The van der Waals surface area contributed by atoms with Crippen molar-refractivity contribution in [1.29, 1.82) is 0 Å². The molecule has 33 heavy (non-hydrogen) atoms. The Morgan fingerprint density at radius 2 is 1.76 bits per heavy atom. The van der Waals surface area contributed by atoms with E-state index < -0.39 is 4.92 Å². The number of aromatic nitrogens is 2. The number of hydrogen-bond acceptors (Lipinski definition) is 8. The van der Waals surface area contributed by atoms with Crippen molar-refractivity contribution in [2.75, 3.05) is 31.5 Å². The Bertz CT molecular complexity index is 1110. The van der Waals surface area contributed by atoms with Crippen molar-refractivity contribution in [3.8, 4) is 11.4 Å². The SMILES string of the molecule is C[C@H](c1nc(-c2ccccc2)no1)N1CCN([C@@H](C)C(=O)Nc2cccc([N+](=O)[O-])c2)CC1. The van der Waals surface area contributed by atoms with E-state index in [4.69, 9.17) is 4.52 Å². The molecule has 0 bridgehead atoms. The largest absolute Gasteiger partial charge is 0.337 e. The van der Waals surface area contributed by atoms with Gasteiger partial charge in [0.25, 0.3) is 5.69 Å². The second-order valence-electron chi connectivity index (χ2n) is 8.04.